The summed E-state index contributed by atoms with van der Waals surface area (Å²) >= 11 is 0. The van der Waals surface area contributed by atoms with Gasteiger partial charge in [-0.1, -0.05) is 13.8 Å². The molecule has 1 fully saturated rings. The molecule has 0 heterocycles. The molecule has 0 bridgehead atoms. The average molecular weight is 188 g/mol. The van der Waals surface area contributed by atoms with E-state index >= 15 is 0 Å². The monoisotopic (exact) mass is 188 g/mol. The Hall–Kier alpha value is -0.610. The van der Waals surface area contributed by atoms with Crippen LogP contribution in [0.4, 0.5) is 0 Å². The fraction of sp³-hybridized carbons (Fsp3) is 0.889. The van der Waals surface area contributed by atoms with Gasteiger partial charge in [0.25, 0.3) is 0 Å². The van der Waals surface area contributed by atoms with Gasteiger partial charge in [-0.2, -0.15) is 0 Å². The highest BCUT2D eigenvalue weighted by atomic mass is 16.4. The molecule has 4 nitrogen and oxygen atoms in total. The van der Waals surface area contributed by atoms with Crippen molar-refractivity contribution in [2.24, 2.45) is 11.3 Å². The number of carboxylic acids is 1. The second-order valence-corrected chi connectivity index (χ2v) is 4.51. The van der Waals surface area contributed by atoms with E-state index < -0.39 is 29.0 Å². The summed E-state index contributed by atoms with van der Waals surface area (Å²) < 4.78 is 0. The normalized spacial score (nSPS) is 43.5. The summed E-state index contributed by atoms with van der Waals surface area (Å²) in [4.78, 5) is 10.8. The fourth-order valence-electron chi connectivity index (χ4n) is 1.94. The molecule has 0 aromatic heterocycles. The lowest BCUT2D eigenvalue weighted by Crippen LogP contribution is -2.47. The van der Waals surface area contributed by atoms with Crippen LogP contribution in [0, 0.1) is 11.3 Å². The smallest absolute Gasteiger partial charge is 0.307 e. The fourth-order valence-corrected chi connectivity index (χ4v) is 1.94. The first kappa shape index (κ1) is 10.5. The predicted octanol–water partition coefficient (Wildman–Crippen LogP) is 0.229. The van der Waals surface area contributed by atoms with Crippen molar-refractivity contribution in [3.05, 3.63) is 0 Å². The van der Waals surface area contributed by atoms with Gasteiger partial charge < -0.3 is 15.3 Å². The Morgan fingerprint density at radius 1 is 1.38 bits per heavy atom. The van der Waals surface area contributed by atoms with Gasteiger partial charge in [0.05, 0.1) is 17.6 Å². The summed E-state index contributed by atoms with van der Waals surface area (Å²) in [6.07, 6.45) is -0.835. The van der Waals surface area contributed by atoms with Gasteiger partial charge in [0.2, 0.25) is 0 Å². The lowest BCUT2D eigenvalue weighted by molar-refractivity contribution is -0.150. The molecule has 3 N–H and O–H groups in total. The topological polar surface area (TPSA) is 77.8 Å². The molecule has 0 aliphatic heterocycles. The summed E-state index contributed by atoms with van der Waals surface area (Å²) in [5.74, 6) is -1.64. The van der Waals surface area contributed by atoms with Crippen molar-refractivity contribution in [2.45, 2.75) is 38.9 Å². The number of carboxylic acid groups (broad SMARTS) is 1. The van der Waals surface area contributed by atoms with E-state index in [1.54, 1.807) is 13.8 Å². The van der Waals surface area contributed by atoms with E-state index in [9.17, 15) is 15.0 Å². The highest BCUT2D eigenvalue weighted by Crippen LogP contribution is 2.49. The lowest BCUT2D eigenvalue weighted by Gasteiger charge is -2.37. The average Bonchev–Trinajstić information content (AvgIpc) is 2.10. The van der Waals surface area contributed by atoms with Gasteiger partial charge >= 0.3 is 5.97 Å². The van der Waals surface area contributed by atoms with Gasteiger partial charge in [-0.25, -0.2) is 0 Å². The highest BCUT2D eigenvalue weighted by molar-refractivity contribution is 5.72. The predicted molar refractivity (Wildman–Crippen MR) is 46.2 cm³/mol. The van der Waals surface area contributed by atoms with Crippen LogP contribution in [0.25, 0.3) is 0 Å². The minimum absolute atomic E-state index is 0.120. The number of aliphatic carboxylic acids is 1. The van der Waals surface area contributed by atoms with Crippen molar-refractivity contribution in [1.82, 2.24) is 0 Å². The van der Waals surface area contributed by atoms with Crippen molar-refractivity contribution in [3.8, 4) is 0 Å². The first-order valence-electron chi connectivity index (χ1n) is 4.34. The van der Waals surface area contributed by atoms with E-state index in [-0.39, 0.29) is 6.42 Å². The van der Waals surface area contributed by atoms with Gasteiger partial charge in [-0.05, 0) is 13.3 Å². The summed E-state index contributed by atoms with van der Waals surface area (Å²) in [5, 5.41) is 28.3. The van der Waals surface area contributed by atoms with Crippen molar-refractivity contribution in [3.63, 3.8) is 0 Å². The van der Waals surface area contributed by atoms with Crippen molar-refractivity contribution in [1.29, 1.82) is 0 Å². The van der Waals surface area contributed by atoms with E-state index in [4.69, 9.17) is 5.11 Å². The third-order valence-corrected chi connectivity index (χ3v) is 3.58. The molecule has 1 aliphatic carbocycles. The molecule has 13 heavy (non-hydrogen) atoms. The summed E-state index contributed by atoms with van der Waals surface area (Å²) in [7, 11) is 0. The molecular weight excluding hydrogens is 172 g/mol. The third kappa shape index (κ3) is 1.25. The van der Waals surface area contributed by atoms with Gasteiger partial charge in [-0.15, -0.1) is 0 Å². The quantitative estimate of drug-likeness (QED) is 0.550. The number of hydrogen-bond acceptors (Lipinski definition) is 3. The Balaban J connectivity index is 3.04. The maximum Gasteiger partial charge on any atom is 0.307 e. The van der Waals surface area contributed by atoms with Crippen molar-refractivity contribution >= 4 is 5.97 Å². The van der Waals surface area contributed by atoms with Crippen LogP contribution < -0.4 is 0 Å². The van der Waals surface area contributed by atoms with Gasteiger partial charge in [-0.3, -0.25) is 4.79 Å². The molecule has 0 aromatic carbocycles. The van der Waals surface area contributed by atoms with Crippen molar-refractivity contribution < 1.29 is 20.1 Å². The summed E-state index contributed by atoms with van der Waals surface area (Å²) in [6, 6.07) is 0. The number of aliphatic hydroxyl groups is 2. The van der Waals surface area contributed by atoms with Gasteiger partial charge in [0, 0.05) is 5.41 Å². The molecule has 0 amide bonds. The zero-order valence-electron chi connectivity index (χ0n) is 8.11. The standard InChI is InChI=1S/C9H16O4/c1-8(2)5(7(11)12)4-6(10)9(8,3)13/h5-6,10,13H,4H2,1-3H3,(H,11,12). The first-order valence-corrected chi connectivity index (χ1v) is 4.34. The minimum atomic E-state index is -1.32. The molecule has 3 atom stereocenters. The molecule has 1 rings (SSSR count). The van der Waals surface area contributed by atoms with Crippen LogP contribution in [0.3, 0.4) is 0 Å². The van der Waals surface area contributed by atoms with Crippen LogP contribution in [0.1, 0.15) is 27.2 Å². The highest BCUT2D eigenvalue weighted by Gasteiger charge is 2.58. The maximum absolute atomic E-state index is 10.8. The van der Waals surface area contributed by atoms with E-state index in [0.717, 1.165) is 0 Å². The minimum Gasteiger partial charge on any atom is -0.481 e. The Kier molecular flexibility index (Phi) is 2.16. The number of aliphatic hydroxyl groups excluding tert-OH is 1. The molecule has 3 unspecified atom stereocenters. The Morgan fingerprint density at radius 3 is 2.00 bits per heavy atom. The molecule has 0 spiro atoms. The van der Waals surface area contributed by atoms with Crippen molar-refractivity contribution in [2.75, 3.05) is 0 Å². The first-order chi connectivity index (χ1) is 5.71. The molecule has 0 saturated heterocycles. The molecule has 1 aliphatic rings. The van der Waals surface area contributed by atoms with E-state index in [1.807, 2.05) is 0 Å². The van der Waals surface area contributed by atoms with Crippen LogP contribution >= 0.6 is 0 Å². The van der Waals surface area contributed by atoms with Crippen LogP contribution in [0.15, 0.2) is 0 Å². The maximum atomic E-state index is 10.8. The molecular formula is C9H16O4. The van der Waals surface area contributed by atoms with Gasteiger partial charge in [0.1, 0.15) is 0 Å². The zero-order valence-corrected chi connectivity index (χ0v) is 8.11. The summed E-state index contributed by atoms with van der Waals surface area (Å²) in [6.45, 7) is 4.82. The molecule has 4 heteroatoms. The van der Waals surface area contributed by atoms with E-state index in [0.29, 0.717) is 0 Å². The van der Waals surface area contributed by atoms with Crippen LogP contribution in [-0.2, 0) is 4.79 Å². The Morgan fingerprint density at radius 2 is 1.85 bits per heavy atom. The SMILES string of the molecule is CC1(C)C(C(=O)O)CC(O)C1(C)O. The third-order valence-electron chi connectivity index (χ3n) is 3.58. The summed E-state index contributed by atoms with van der Waals surface area (Å²) in [5.41, 5.74) is -2.12. The van der Waals surface area contributed by atoms with Crippen LogP contribution in [-0.4, -0.2) is 33.0 Å². The molecule has 76 valence electrons. The van der Waals surface area contributed by atoms with Gasteiger partial charge in [0.15, 0.2) is 0 Å². The number of carbonyl (C=O) groups is 1. The second-order valence-electron chi connectivity index (χ2n) is 4.51. The van der Waals surface area contributed by atoms with Crippen LogP contribution in [0.5, 0.6) is 0 Å². The Labute approximate surface area is 77.2 Å². The lowest BCUT2D eigenvalue weighted by atomic mass is 9.73. The molecule has 0 aromatic rings. The zero-order chi connectivity index (χ0) is 10.4. The number of rotatable bonds is 1. The molecule has 0 radical (unpaired) electrons. The molecule has 1 saturated carbocycles. The Bertz CT molecular complexity index is 232. The van der Waals surface area contributed by atoms with Crippen LogP contribution in [0.2, 0.25) is 0 Å². The van der Waals surface area contributed by atoms with E-state index in [2.05, 4.69) is 0 Å². The largest absolute Gasteiger partial charge is 0.481 e. The second kappa shape index (κ2) is 2.69. The van der Waals surface area contributed by atoms with E-state index in [1.165, 1.54) is 6.92 Å². The number of hydrogen-bond donors (Lipinski definition) is 3.